The molecule has 0 bridgehead atoms. The minimum atomic E-state index is -0.242. The number of amides is 2. The molecular weight excluding hydrogens is 344 g/mol. The number of carbonyl (C=O) groups is 2. The van der Waals surface area contributed by atoms with E-state index in [2.05, 4.69) is 5.32 Å². The molecule has 144 valence electrons. The van der Waals surface area contributed by atoms with Crippen molar-refractivity contribution in [2.75, 3.05) is 24.6 Å². The van der Waals surface area contributed by atoms with Gasteiger partial charge in [-0.2, -0.15) is 0 Å². The fourth-order valence-electron chi connectivity index (χ4n) is 2.51. The third-order valence-corrected chi connectivity index (χ3v) is 3.67. The summed E-state index contributed by atoms with van der Waals surface area (Å²) in [4.78, 5) is 25.6. The molecule has 6 nitrogen and oxygen atoms in total. The molecule has 0 aromatic heterocycles. The van der Waals surface area contributed by atoms with E-state index in [1.54, 1.807) is 17.0 Å². The highest BCUT2D eigenvalue weighted by Gasteiger charge is 2.17. The molecule has 0 aliphatic rings. The van der Waals surface area contributed by atoms with E-state index in [0.29, 0.717) is 30.3 Å². The Balaban J connectivity index is 1.90. The van der Waals surface area contributed by atoms with Crippen molar-refractivity contribution in [3.05, 3.63) is 54.6 Å². The number of ether oxygens (including phenoxy) is 2. The third kappa shape index (κ3) is 6.66. The van der Waals surface area contributed by atoms with Gasteiger partial charge in [0.05, 0.1) is 11.8 Å². The van der Waals surface area contributed by atoms with Crippen LogP contribution in [0.1, 0.15) is 20.8 Å². The van der Waals surface area contributed by atoms with Gasteiger partial charge in [0.1, 0.15) is 11.5 Å². The minimum absolute atomic E-state index is 0.00482. The molecule has 2 aromatic carbocycles. The first-order chi connectivity index (χ1) is 13.0. The Morgan fingerprint density at radius 3 is 2.37 bits per heavy atom. The Kier molecular flexibility index (Phi) is 7.67. The van der Waals surface area contributed by atoms with Crippen LogP contribution in [0.3, 0.4) is 0 Å². The van der Waals surface area contributed by atoms with E-state index in [9.17, 15) is 9.59 Å². The van der Waals surface area contributed by atoms with Gasteiger partial charge in [0.2, 0.25) is 5.91 Å². The molecule has 2 amide bonds. The molecular formula is C21H26N2O4. The van der Waals surface area contributed by atoms with E-state index < -0.39 is 0 Å². The third-order valence-electron chi connectivity index (χ3n) is 3.67. The van der Waals surface area contributed by atoms with E-state index in [1.165, 1.54) is 6.92 Å². The largest absolute Gasteiger partial charge is 0.489 e. The molecule has 27 heavy (non-hydrogen) atoms. The van der Waals surface area contributed by atoms with Gasteiger partial charge in [-0.1, -0.05) is 30.3 Å². The van der Waals surface area contributed by atoms with Crippen LogP contribution in [-0.4, -0.2) is 37.6 Å². The molecule has 0 radical (unpaired) electrons. The second-order valence-corrected chi connectivity index (χ2v) is 6.26. The number of benzene rings is 2. The van der Waals surface area contributed by atoms with E-state index in [1.807, 2.05) is 56.3 Å². The lowest BCUT2D eigenvalue weighted by molar-refractivity contribution is -0.123. The van der Waals surface area contributed by atoms with Crippen molar-refractivity contribution in [1.82, 2.24) is 5.32 Å². The maximum atomic E-state index is 12.1. The van der Waals surface area contributed by atoms with Crippen molar-refractivity contribution >= 4 is 17.5 Å². The van der Waals surface area contributed by atoms with E-state index in [0.717, 1.165) is 0 Å². The molecule has 0 unspecified atom stereocenters. The highest BCUT2D eigenvalue weighted by Crippen LogP contribution is 2.28. The molecule has 2 rings (SSSR count). The number of rotatable bonds is 9. The average Bonchev–Trinajstić information content (AvgIpc) is 2.64. The number of hydrogen-bond acceptors (Lipinski definition) is 4. The molecule has 0 heterocycles. The fourth-order valence-corrected chi connectivity index (χ4v) is 2.51. The lowest BCUT2D eigenvalue weighted by atomic mass is 10.2. The van der Waals surface area contributed by atoms with E-state index in [4.69, 9.17) is 9.47 Å². The zero-order chi connectivity index (χ0) is 19.6. The molecule has 2 aromatic rings. The zero-order valence-corrected chi connectivity index (χ0v) is 16.0. The first-order valence-corrected chi connectivity index (χ1v) is 8.95. The van der Waals surface area contributed by atoms with Crippen LogP contribution >= 0.6 is 0 Å². The maximum absolute atomic E-state index is 12.1. The number of carbonyl (C=O) groups excluding carboxylic acids is 2. The summed E-state index contributed by atoms with van der Waals surface area (Å²) in [7, 11) is 0. The van der Waals surface area contributed by atoms with Gasteiger partial charge in [-0.15, -0.1) is 0 Å². The Morgan fingerprint density at radius 1 is 1.04 bits per heavy atom. The first-order valence-electron chi connectivity index (χ1n) is 8.95. The van der Waals surface area contributed by atoms with Gasteiger partial charge in [-0.25, -0.2) is 0 Å². The lowest BCUT2D eigenvalue weighted by Gasteiger charge is -2.24. The summed E-state index contributed by atoms with van der Waals surface area (Å²) in [6.07, 6.45) is -0.00482. The average molecular weight is 370 g/mol. The number of para-hydroxylation sites is 3. The van der Waals surface area contributed by atoms with Crippen LogP contribution in [0.25, 0.3) is 0 Å². The van der Waals surface area contributed by atoms with Crippen LogP contribution in [0.2, 0.25) is 0 Å². The van der Waals surface area contributed by atoms with E-state index in [-0.39, 0.29) is 24.5 Å². The Morgan fingerprint density at radius 2 is 1.70 bits per heavy atom. The summed E-state index contributed by atoms with van der Waals surface area (Å²) < 4.78 is 11.2. The second-order valence-electron chi connectivity index (χ2n) is 6.26. The summed E-state index contributed by atoms with van der Waals surface area (Å²) >= 11 is 0. The van der Waals surface area contributed by atoms with Crippen molar-refractivity contribution in [2.45, 2.75) is 26.9 Å². The molecule has 0 spiro atoms. The van der Waals surface area contributed by atoms with Gasteiger partial charge in [0.25, 0.3) is 5.91 Å². The van der Waals surface area contributed by atoms with Gasteiger partial charge in [0.15, 0.2) is 6.61 Å². The van der Waals surface area contributed by atoms with Crippen LogP contribution in [0.15, 0.2) is 54.6 Å². The highest BCUT2D eigenvalue weighted by molar-refractivity contribution is 5.93. The fraction of sp³-hybridized carbons (Fsp3) is 0.333. The summed E-state index contributed by atoms with van der Waals surface area (Å²) in [5, 5.41) is 2.77. The van der Waals surface area contributed by atoms with Gasteiger partial charge in [-0.3, -0.25) is 9.59 Å². The predicted octanol–water partition coefficient (Wildman–Crippen LogP) is 3.02. The quantitative estimate of drug-likeness (QED) is 0.737. The molecule has 6 heteroatoms. The van der Waals surface area contributed by atoms with Crippen molar-refractivity contribution in [2.24, 2.45) is 0 Å². The van der Waals surface area contributed by atoms with Crippen LogP contribution in [-0.2, 0) is 9.59 Å². The van der Waals surface area contributed by atoms with Crippen molar-refractivity contribution in [1.29, 1.82) is 0 Å². The van der Waals surface area contributed by atoms with Crippen molar-refractivity contribution in [3.63, 3.8) is 0 Å². The molecule has 0 saturated heterocycles. The normalized spacial score (nSPS) is 10.4. The maximum Gasteiger partial charge on any atom is 0.258 e. The van der Waals surface area contributed by atoms with Crippen LogP contribution in [0, 0.1) is 0 Å². The van der Waals surface area contributed by atoms with Crippen LogP contribution in [0.4, 0.5) is 5.69 Å². The van der Waals surface area contributed by atoms with Gasteiger partial charge in [0, 0.05) is 20.0 Å². The van der Waals surface area contributed by atoms with E-state index >= 15 is 0 Å². The van der Waals surface area contributed by atoms with Crippen LogP contribution < -0.4 is 19.7 Å². The summed E-state index contributed by atoms with van der Waals surface area (Å²) in [6.45, 7) is 5.94. The Bertz CT molecular complexity index is 747. The SMILES string of the molecule is CC(=O)N(CCNC(=O)COc1ccccc1)c1ccccc1OC(C)C. The topological polar surface area (TPSA) is 67.9 Å². The number of hydrogen-bond donors (Lipinski definition) is 1. The molecule has 0 fully saturated rings. The van der Waals surface area contributed by atoms with Gasteiger partial charge >= 0.3 is 0 Å². The second kappa shape index (κ2) is 10.2. The molecule has 0 saturated carbocycles. The monoisotopic (exact) mass is 370 g/mol. The number of anilines is 1. The van der Waals surface area contributed by atoms with Gasteiger partial charge in [-0.05, 0) is 38.1 Å². The molecule has 0 atom stereocenters. The lowest BCUT2D eigenvalue weighted by Crippen LogP contribution is -2.39. The molecule has 0 aliphatic carbocycles. The standard InChI is InChI=1S/C21H26N2O4/c1-16(2)27-20-12-8-7-11-19(20)23(17(3)24)14-13-22-21(25)15-26-18-9-5-4-6-10-18/h4-12,16H,13-15H2,1-3H3,(H,22,25). The summed E-state index contributed by atoms with van der Waals surface area (Å²) in [5.41, 5.74) is 0.688. The summed E-state index contributed by atoms with van der Waals surface area (Å²) in [6, 6.07) is 16.5. The summed E-state index contributed by atoms with van der Waals surface area (Å²) in [5.74, 6) is 0.915. The molecule has 1 N–H and O–H groups in total. The molecule has 0 aliphatic heterocycles. The smallest absolute Gasteiger partial charge is 0.258 e. The van der Waals surface area contributed by atoms with Crippen molar-refractivity contribution < 1.29 is 19.1 Å². The Hall–Kier alpha value is -3.02. The van der Waals surface area contributed by atoms with Gasteiger partial charge < -0.3 is 19.7 Å². The van der Waals surface area contributed by atoms with Crippen molar-refractivity contribution in [3.8, 4) is 11.5 Å². The predicted molar refractivity (Wildman–Crippen MR) is 105 cm³/mol. The highest BCUT2D eigenvalue weighted by atomic mass is 16.5. The minimum Gasteiger partial charge on any atom is -0.489 e. The zero-order valence-electron chi connectivity index (χ0n) is 16.0. The number of nitrogens with zero attached hydrogens (tertiary/aromatic N) is 1. The first kappa shape index (κ1) is 20.3. The number of nitrogens with one attached hydrogen (secondary N) is 1. The Labute approximate surface area is 160 Å². The van der Waals surface area contributed by atoms with Crippen LogP contribution in [0.5, 0.6) is 11.5 Å².